The Morgan fingerprint density at radius 1 is 1.18 bits per heavy atom. The van der Waals surface area contributed by atoms with Gasteiger partial charge in [0.15, 0.2) is 5.13 Å². The molecule has 1 aromatic heterocycles. The molecule has 4 rings (SSSR count). The van der Waals surface area contributed by atoms with Crippen molar-refractivity contribution in [2.24, 2.45) is 23.7 Å². The molecule has 0 unspecified atom stereocenters. The van der Waals surface area contributed by atoms with Gasteiger partial charge in [0.2, 0.25) is 5.91 Å². The molecule has 114 valence electrons. The lowest BCUT2D eigenvalue weighted by molar-refractivity contribution is -0.314. The topological polar surface area (TPSA) is 82.1 Å². The van der Waals surface area contributed by atoms with E-state index in [1.165, 1.54) is 11.3 Å². The van der Waals surface area contributed by atoms with Crippen LogP contribution in [0.25, 0.3) is 10.2 Å². The molecule has 2 saturated carbocycles. The average molecular weight is 315 g/mol. The molecule has 2 fully saturated rings. The molecule has 0 aliphatic heterocycles. The number of carboxylic acids is 1. The van der Waals surface area contributed by atoms with E-state index in [2.05, 4.69) is 10.3 Å². The zero-order valence-corrected chi connectivity index (χ0v) is 12.6. The number of benzene rings is 1. The maximum absolute atomic E-state index is 12.6. The minimum Gasteiger partial charge on any atom is -0.550 e. The van der Waals surface area contributed by atoms with Crippen molar-refractivity contribution >= 4 is 38.6 Å². The molecule has 2 aliphatic carbocycles. The lowest BCUT2D eigenvalue weighted by Crippen LogP contribution is -2.43. The molecule has 4 atom stereocenters. The van der Waals surface area contributed by atoms with Crippen LogP contribution >= 0.6 is 11.3 Å². The molecule has 2 bridgehead atoms. The first kappa shape index (κ1) is 13.7. The Morgan fingerprint density at radius 2 is 1.91 bits per heavy atom. The van der Waals surface area contributed by atoms with Gasteiger partial charge in [-0.1, -0.05) is 23.5 Å². The highest BCUT2D eigenvalue weighted by Gasteiger charge is 2.51. The highest BCUT2D eigenvalue weighted by molar-refractivity contribution is 7.22. The summed E-state index contributed by atoms with van der Waals surface area (Å²) in [6.45, 7) is 0. The maximum Gasteiger partial charge on any atom is 0.230 e. The summed E-state index contributed by atoms with van der Waals surface area (Å²) in [5.74, 6) is -2.16. The zero-order chi connectivity index (χ0) is 15.3. The molecule has 2 aliphatic rings. The fraction of sp³-hybridized carbons (Fsp3) is 0.438. The van der Waals surface area contributed by atoms with Crippen LogP contribution in [-0.2, 0) is 9.59 Å². The Hall–Kier alpha value is -1.95. The SMILES string of the molecule is O=C([O-])[C@@H]1[C@@H]2CC[C@H](C2)[C@H]1C(=O)Nc1nc2ccccc2s1. The van der Waals surface area contributed by atoms with Crippen LogP contribution in [-0.4, -0.2) is 16.9 Å². The summed E-state index contributed by atoms with van der Waals surface area (Å²) in [6, 6.07) is 7.66. The highest BCUT2D eigenvalue weighted by atomic mass is 32.1. The number of para-hydroxylation sites is 1. The maximum atomic E-state index is 12.6. The Kier molecular flexibility index (Phi) is 3.14. The fourth-order valence-electron chi connectivity index (χ4n) is 4.12. The second-order valence-electron chi connectivity index (χ2n) is 6.18. The first-order valence-electron chi connectivity index (χ1n) is 7.51. The van der Waals surface area contributed by atoms with E-state index in [9.17, 15) is 14.7 Å². The van der Waals surface area contributed by atoms with E-state index in [-0.39, 0.29) is 17.7 Å². The summed E-state index contributed by atoms with van der Waals surface area (Å²) in [6.07, 6.45) is 2.66. The Labute approximate surface area is 131 Å². The first-order chi connectivity index (χ1) is 10.6. The van der Waals surface area contributed by atoms with Gasteiger partial charge in [-0.2, -0.15) is 0 Å². The lowest BCUT2D eigenvalue weighted by atomic mass is 9.79. The Morgan fingerprint density at radius 3 is 2.64 bits per heavy atom. The van der Waals surface area contributed by atoms with E-state index in [4.69, 9.17) is 0 Å². The predicted octanol–water partition coefficient (Wildman–Crippen LogP) is 1.65. The van der Waals surface area contributed by atoms with Crippen molar-refractivity contribution in [3.8, 4) is 0 Å². The second kappa shape index (κ2) is 5.05. The van der Waals surface area contributed by atoms with Crippen molar-refractivity contribution in [3.63, 3.8) is 0 Å². The van der Waals surface area contributed by atoms with Crippen molar-refractivity contribution in [1.29, 1.82) is 0 Å². The van der Waals surface area contributed by atoms with E-state index in [1.807, 2.05) is 24.3 Å². The van der Waals surface area contributed by atoms with Gasteiger partial charge in [-0.15, -0.1) is 0 Å². The summed E-state index contributed by atoms with van der Waals surface area (Å²) in [4.78, 5) is 28.3. The van der Waals surface area contributed by atoms with Crippen LogP contribution in [0.2, 0.25) is 0 Å². The van der Waals surface area contributed by atoms with E-state index >= 15 is 0 Å². The molecule has 0 saturated heterocycles. The largest absolute Gasteiger partial charge is 0.550 e. The molecule has 0 spiro atoms. The third-order valence-electron chi connectivity index (χ3n) is 5.02. The first-order valence-corrected chi connectivity index (χ1v) is 8.32. The summed E-state index contributed by atoms with van der Waals surface area (Å²) < 4.78 is 1.00. The van der Waals surface area contributed by atoms with Gasteiger partial charge < -0.3 is 15.2 Å². The number of rotatable bonds is 3. The summed E-state index contributed by atoms with van der Waals surface area (Å²) >= 11 is 1.41. The number of amides is 1. The molecule has 0 radical (unpaired) electrons. The molecule has 6 heteroatoms. The number of thiazole rings is 1. The number of nitrogens with zero attached hydrogens (tertiary/aromatic N) is 1. The van der Waals surface area contributed by atoms with E-state index in [1.54, 1.807) is 0 Å². The normalized spacial score (nSPS) is 29.8. The van der Waals surface area contributed by atoms with Crippen molar-refractivity contribution in [2.75, 3.05) is 5.32 Å². The van der Waals surface area contributed by atoms with Crippen LogP contribution in [0.1, 0.15) is 19.3 Å². The van der Waals surface area contributed by atoms with Gasteiger partial charge in [-0.25, -0.2) is 4.98 Å². The Balaban J connectivity index is 1.57. The number of hydrogen-bond donors (Lipinski definition) is 1. The molecular weight excluding hydrogens is 300 g/mol. The second-order valence-corrected chi connectivity index (χ2v) is 7.21. The molecular formula is C16H15N2O3S-. The van der Waals surface area contributed by atoms with Crippen molar-refractivity contribution in [1.82, 2.24) is 4.98 Å². The van der Waals surface area contributed by atoms with E-state index in [0.717, 1.165) is 29.5 Å². The predicted molar refractivity (Wildman–Crippen MR) is 81.1 cm³/mol. The minimum absolute atomic E-state index is 0.0983. The van der Waals surface area contributed by atoms with Gasteiger partial charge in [0.25, 0.3) is 0 Å². The van der Waals surface area contributed by atoms with Gasteiger partial charge in [0.05, 0.1) is 10.2 Å². The van der Waals surface area contributed by atoms with Crippen LogP contribution in [0.5, 0.6) is 0 Å². The number of aromatic nitrogens is 1. The summed E-state index contributed by atoms with van der Waals surface area (Å²) in [5.41, 5.74) is 0.840. The molecule has 1 N–H and O–H groups in total. The van der Waals surface area contributed by atoms with E-state index < -0.39 is 17.8 Å². The number of carboxylic acid groups (broad SMARTS) is 1. The van der Waals surface area contributed by atoms with Gasteiger partial charge in [-0.3, -0.25) is 4.79 Å². The molecule has 1 aromatic carbocycles. The molecule has 22 heavy (non-hydrogen) atoms. The summed E-state index contributed by atoms with van der Waals surface area (Å²) in [7, 11) is 0. The monoisotopic (exact) mass is 315 g/mol. The average Bonchev–Trinajstić information content (AvgIpc) is 3.19. The van der Waals surface area contributed by atoms with Gasteiger partial charge in [0, 0.05) is 17.8 Å². The fourth-order valence-corrected chi connectivity index (χ4v) is 4.99. The number of nitrogens with one attached hydrogen (secondary N) is 1. The van der Waals surface area contributed by atoms with Crippen LogP contribution < -0.4 is 10.4 Å². The number of fused-ring (bicyclic) bond motifs is 3. The minimum atomic E-state index is -1.09. The summed E-state index contributed by atoms with van der Waals surface area (Å²) in [5, 5.41) is 14.7. The van der Waals surface area contributed by atoms with Crippen LogP contribution in [0.3, 0.4) is 0 Å². The standard InChI is InChI=1S/C16H16N2O3S/c19-14(12-8-5-6-9(7-8)13(12)15(20)21)18-16-17-10-3-1-2-4-11(10)22-16/h1-4,8-9,12-13H,5-7H2,(H,20,21)(H,17,18,19)/p-1/t8-,9-,12-,13-/m1/s1. The molecule has 1 amide bonds. The smallest absolute Gasteiger partial charge is 0.230 e. The van der Waals surface area contributed by atoms with Gasteiger partial charge in [-0.05, 0) is 43.2 Å². The lowest BCUT2D eigenvalue weighted by Gasteiger charge is -2.30. The van der Waals surface area contributed by atoms with Crippen LogP contribution in [0.4, 0.5) is 5.13 Å². The van der Waals surface area contributed by atoms with Crippen LogP contribution in [0.15, 0.2) is 24.3 Å². The molecule has 2 aromatic rings. The number of carbonyl (C=O) groups excluding carboxylic acids is 2. The molecule has 1 heterocycles. The highest BCUT2D eigenvalue weighted by Crippen LogP contribution is 2.52. The van der Waals surface area contributed by atoms with Crippen molar-refractivity contribution < 1.29 is 14.7 Å². The Bertz CT molecular complexity index is 724. The third kappa shape index (κ3) is 2.09. The van der Waals surface area contributed by atoms with Crippen LogP contribution in [0, 0.1) is 23.7 Å². The number of hydrogen-bond acceptors (Lipinski definition) is 5. The number of aliphatic carboxylic acids is 1. The van der Waals surface area contributed by atoms with Gasteiger partial charge in [0.1, 0.15) is 0 Å². The van der Waals surface area contributed by atoms with E-state index in [0.29, 0.717) is 5.13 Å². The number of anilines is 1. The van der Waals surface area contributed by atoms with Crippen molar-refractivity contribution in [3.05, 3.63) is 24.3 Å². The quantitative estimate of drug-likeness (QED) is 0.933. The number of carbonyl (C=O) groups is 2. The van der Waals surface area contributed by atoms with Gasteiger partial charge >= 0.3 is 0 Å². The third-order valence-corrected chi connectivity index (χ3v) is 5.97. The van der Waals surface area contributed by atoms with Crippen molar-refractivity contribution in [2.45, 2.75) is 19.3 Å². The zero-order valence-electron chi connectivity index (χ0n) is 11.8. The molecule has 5 nitrogen and oxygen atoms in total.